The summed E-state index contributed by atoms with van der Waals surface area (Å²) >= 11 is 3.22. The number of halogens is 2. The van der Waals surface area contributed by atoms with Crippen molar-refractivity contribution in [2.45, 2.75) is 19.4 Å². The molecule has 0 bridgehead atoms. The van der Waals surface area contributed by atoms with Gasteiger partial charge in [-0.25, -0.2) is 4.39 Å². The van der Waals surface area contributed by atoms with Crippen molar-refractivity contribution in [2.24, 2.45) is 7.05 Å². The van der Waals surface area contributed by atoms with Gasteiger partial charge in [0, 0.05) is 24.3 Å². The molecule has 19 heavy (non-hydrogen) atoms. The standard InChI is InChI=1S/C14H17BrFN3/c1-9-11(8-18-19(9)3)14(17-2)7-10-4-5-13(16)12(15)6-10/h4-6,8,14,17H,7H2,1-3H3. The third-order valence-electron chi connectivity index (χ3n) is 3.42. The van der Waals surface area contributed by atoms with Crippen molar-refractivity contribution in [3.63, 3.8) is 0 Å². The zero-order valence-electron chi connectivity index (χ0n) is 11.2. The topological polar surface area (TPSA) is 29.9 Å². The van der Waals surface area contributed by atoms with E-state index in [2.05, 4.69) is 26.3 Å². The van der Waals surface area contributed by atoms with Crippen LogP contribution in [0.3, 0.4) is 0 Å². The van der Waals surface area contributed by atoms with E-state index >= 15 is 0 Å². The molecule has 1 aromatic carbocycles. The summed E-state index contributed by atoms with van der Waals surface area (Å²) in [6, 6.07) is 5.30. The average molecular weight is 326 g/mol. The van der Waals surface area contributed by atoms with E-state index in [4.69, 9.17) is 0 Å². The van der Waals surface area contributed by atoms with Gasteiger partial charge in [0.25, 0.3) is 0 Å². The second-order valence-corrected chi connectivity index (χ2v) is 5.46. The number of hydrogen-bond donors (Lipinski definition) is 1. The van der Waals surface area contributed by atoms with Crippen molar-refractivity contribution in [2.75, 3.05) is 7.05 Å². The molecule has 1 aromatic heterocycles. The first kappa shape index (κ1) is 14.2. The molecule has 1 N–H and O–H groups in total. The second kappa shape index (κ2) is 5.84. The molecule has 1 heterocycles. The Kier molecular flexibility index (Phi) is 4.37. The van der Waals surface area contributed by atoms with Crippen LogP contribution in [0, 0.1) is 12.7 Å². The zero-order valence-corrected chi connectivity index (χ0v) is 12.8. The molecule has 2 rings (SSSR count). The van der Waals surface area contributed by atoms with Crippen LogP contribution in [0.25, 0.3) is 0 Å². The normalized spacial score (nSPS) is 12.7. The highest BCUT2D eigenvalue weighted by molar-refractivity contribution is 9.10. The van der Waals surface area contributed by atoms with Crippen molar-refractivity contribution in [3.05, 3.63) is 51.5 Å². The summed E-state index contributed by atoms with van der Waals surface area (Å²) < 4.78 is 15.6. The van der Waals surface area contributed by atoms with Crippen LogP contribution in [0.4, 0.5) is 4.39 Å². The van der Waals surface area contributed by atoms with Crippen molar-refractivity contribution in [1.29, 1.82) is 0 Å². The number of benzene rings is 1. The van der Waals surface area contributed by atoms with Gasteiger partial charge in [-0.2, -0.15) is 5.10 Å². The largest absolute Gasteiger partial charge is 0.313 e. The summed E-state index contributed by atoms with van der Waals surface area (Å²) in [5, 5.41) is 7.56. The predicted octanol–water partition coefficient (Wildman–Crippen LogP) is 3.13. The van der Waals surface area contributed by atoms with Crippen molar-refractivity contribution in [3.8, 4) is 0 Å². The maximum atomic E-state index is 13.2. The van der Waals surface area contributed by atoms with Gasteiger partial charge in [-0.3, -0.25) is 4.68 Å². The van der Waals surface area contributed by atoms with Crippen molar-refractivity contribution >= 4 is 15.9 Å². The average Bonchev–Trinajstić information content (AvgIpc) is 2.72. The van der Waals surface area contributed by atoms with Gasteiger partial charge in [-0.15, -0.1) is 0 Å². The molecular formula is C14H17BrFN3. The molecule has 3 nitrogen and oxygen atoms in total. The summed E-state index contributed by atoms with van der Waals surface area (Å²) in [7, 11) is 3.86. The van der Waals surface area contributed by atoms with Gasteiger partial charge in [0.2, 0.25) is 0 Å². The number of nitrogens with one attached hydrogen (secondary N) is 1. The summed E-state index contributed by atoms with van der Waals surface area (Å²) in [6.07, 6.45) is 2.68. The van der Waals surface area contributed by atoms with Crippen molar-refractivity contribution < 1.29 is 4.39 Å². The van der Waals surface area contributed by atoms with E-state index in [1.54, 1.807) is 0 Å². The van der Waals surface area contributed by atoms with Crippen LogP contribution in [-0.4, -0.2) is 16.8 Å². The van der Waals surface area contributed by atoms with Crippen LogP contribution in [-0.2, 0) is 13.5 Å². The Morgan fingerprint density at radius 1 is 1.47 bits per heavy atom. The highest BCUT2D eigenvalue weighted by Crippen LogP contribution is 2.23. The molecule has 1 atom stereocenters. The maximum absolute atomic E-state index is 13.2. The monoisotopic (exact) mass is 325 g/mol. The number of nitrogens with zero attached hydrogens (tertiary/aromatic N) is 2. The molecule has 0 saturated carbocycles. The summed E-state index contributed by atoms with van der Waals surface area (Å²) in [4.78, 5) is 0. The Labute approximate surface area is 121 Å². The Morgan fingerprint density at radius 3 is 2.74 bits per heavy atom. The fraction of sp³-hybridized carbons (Fsp3) is 0.357. The Hall–Kier alpha value is -1.20. The molecule has 0 aliphatic rings. The molecule has 0 spiro atoms. The lowest BCUT2D eigenvalue weighted by Gasteiger charge is -2.16. The minimum absolute atomic E-state index is 0.172. The molecular weight excluding hydrogens is 309 g/mol. The molecule has 0 aliphatic carbocycles. The lowest BCUT2D eigenvalue weighted by Crippen LogP contribution is -2.19. The second-order valence-electron chi connectivity index (χ2n) is 4.60. The fourth-order valence-electron chi connectivity index (χ4n) is 2.13. The van der Waals surface area contributed by atoms with E-state index in [9.17, 15) is 4.39 Å². The number of likely N-dealkylation sites (N-methyl/N-ethyl adjacent to an activating group) is 1. The number of hydrogen-bond acceptors (Lipinski definition) is 2. The Morgan fingerprint density at radius 2 is 2.21 bits per heavy atom. The van der Waals surface area contributed by atoms with E-state index in [0.29, 0.717) is 4.47 Å². The van der Waals surface area contributed by atoms with Gasteiger partial charge in [0.15, 0.2) is 0 Å². The van der Waals surface area contributed by atoms with E-state index in [1.807, 2.05) is 44.0 Å². The number of rotatable bonds is 4. The van der Waals surface area contributed by atoms with E-state index in [0.717, 1.165) is 17.7 Å². The molecule has 2 aromatic rings. The molecule has 0 amide bonds. The van der Waals surface area contributed by atoms with Crippen LogP contribution in [0.2, 0.25) is 0 Å². The van der Waals surface area contributed by atoms with Gasteiger partial charge in [0.05, 0.1) is 10.7 Å². The maximum Gasteiger partial charge on any atom is 0.137 e. The quantitative estimate of drug-likeness (QED) is 0.935. The van der Waals surface area contributed by atoms with Gasteiger partial charge in [0.1, 0.15) is 5.82 Å². The molecule has 102 valence electrons. The van der Waals surface area contributed by atoms with Crippen LogP contribution < -0.4 is 5.32 Å². The summed E-state index contributed by atoms with van der Waals surface area (Å²) in [5.41, 5.74) is 3.39. The molecule has 0 fully saturated rings. The van der Waals surface area contributed by atoms with Gasteiger partial charge in [-0.05, 0) is 54.0 Å². The van der Waals surface area contributed by atoms with Gasteiger partial charge >= 0.3 is 0 Å². The van der Waals surface area contributed by atoms with Crippen LogP contribution in [0.5, 0.6) is 0 Å². The first-order valence-corrected chi connectivity index (χ1v) is 6.92. The smallest absolute Gasteiger partial charge is 0.137 e. The third kappa shape index (κ3) is 3.04. The highest BCUT2D eigenvalue weighted by Gasteiger charge is 2.16. The molecule has 5 heteroatoms. The van der Waals surface area contributed by atoms with Crippen LogP contribution in [0.1, 0.15) is 22.9 Å². The first-order chi connectivity index (χ1) is 9.02. The van der Waals surface area contributed by atoms with E-state index in [1.165, 1.54) is 11.6 Å². The minimum Gasteiger partial charge on any atom is -0.313 e. The zero-order chi connectivity index (χ0) is 14.0. The van der Waals surface area contributed by atoms with Gasteiger partial charge in [-0.1, -0.05) is 6.07 Å². The first-order valence-electron chi connectivity index (χ1n) is 6.12. The molecule has 0 saturated heterocycles. The SMILES string of the molecule is CNC(Cc1ccc(F)c(Br)c1)c1cnn(C)c1C. The summed E-state index contributed by atoms with van der Waals surface area (Å²) in [5.74, 6) is -0.234. The lowest BCUT2D eigenvalue weighted by molar-refractivity contribution is 0.583. The predicted molar refractivity (Wildman–Crippen MR) is 77.5 cm³/mol. The molecule has 1 unspecified atom stereocenters. The van der Waals surface area contributed by atoms with E-state index < -0.39 is 0 Å². The third-order valence-corrected chi connectivity index (χ3v) is 4.03. The summed E-state index contributed by atoms with van der Waals surface area (Å²) in [6.45, 7) is 2.05. The fourth-order valence-corrected chi connectivity index (χ4v) is 2.55. The van der Waals surface area contributed by atoms with Crippen LogP contribution in [0.15, 0.2) is 28.9 Å². The molecule has 0 aliphatic heterocycles. The minimum atomic E-state index is -0.234. The highest BCUT2D eigenvalue weighted by atomic mass is 79.9. The Balaban J connectivity index is 2.24. The lowest BCUT2D eigenvalue weighted by atomic mass is 9.99. The van der Waals surface area contributed by atoms with Gasteiger partial charge < -0.3 is 5.32 Å². The number of aryl methyl sites for hydroxylation is 1. The number of aromatic nitrogens is 2. The Bertz CT molecular complexity index is 580. The van der Waals surface area contributed by atoms with Crippen LogP contribution >= 0.6 is 15.9 Å². The van der Waals surface area contributed by atoms with Crippen molar-refractivity contribution in [1.82, 2.24) is 15.1 Å². The molecule has 0 radical (unpaired) electrons. The van der Waals surface area contributed by atoms with E-state index in [-0.39, 0.29) is 11.9 Å².